The number of carbonyl (C=O) groups is 1. The minimum absolute atomic E-state index is 0.0630. The monoisotopic (exact) mass is 218 g/mol. The number of hydrogen-bond donors (Lipinski definition) is 1. The Morgan fingerprint density at radius 2 is 2.12 bits per heavy atom. The molecule has 0 bridgehead atoms. The smallest absolute Gasteiger partial charge is 0.278 e. The van der Waals surface area contributed by atoms with Crippen molar-refractivity contribution in [3.8, 4) is 12.1 Å². The number of rotatable bonds is 3. The molecule has 7 heteroatoms. The van der Waals surface area contributed by atoms with E-state index in [1.54, 1.807) is 7.05 Å². The van der Waals surface area contributed by atoms with E-state index in [9.17, 15) is 4.79 Å². The van der Waals surface area contributed by atoms with Gasteiger partial charge in [-0.3, -0.25) is 9.48 Å². The van der Waals surface area contributed by atoms with Gasteiger partial charge < -0.3 is 10.6 Å². The van der Waals surface area contributed by atoms with Gasteiger partial charge in [0.05, 0.1) is 17.8 Å². The number of amides is 1. The number of carbonyl (C=O) groups excluding carboxylic acids is 1. The van der Waals surface area contributed by atoms with Crippen molar-refractivity contribution in [1.82, 2.24) is 14.7 Å². The highest BCUT2D eigenvalue weighted by Gasteiger charge is 2.20. The summed E-state index contributed by atoms with van der Waals surface area (Å²) < 4.78 is 1.40. The van der Waals surface area contributed by atoms with E-state index in [4.69, 9.17) is 16.3 Å². The Labute approximate surface area is 92.3 Å². The second-order valence-corrected chi connectivity index (χ2v) is 3.08. The predicted octanol–water partition coefficient (Wildman–Crippen LogP) is -0.508. The van der Waals surface area contributed by atoms with Crippen LogP contribution in [0.1, 0.15) is 10.5 Å². The van der Waals surface area contributed by atoms with E-state index in [0.29, 0.717) is 0 Å². The third-order valence-electron chi connectivity index (χ3n) is 1.87. The molecule has 1 aromatic rings. The SMILES string of the molecule is Cn1cc(N)c(C(=O)N(CC#N)CC#N)n1. The van der Waals surface area contributed by atoms with Crippen molar-refractivity contribution in [2.75, 3.05) is 18.8 Å². The van der Waals surface area contributed by atoms with E-state index in [2.05, 4.69) is 5.10 Å². The van der Waals surface area contributed by atoms with Crippen LogP contribution in [0, 0.1) is 22.7 Å². The maximum absolute atomic E-state index is 11.8. The van der Waals surface area contributed by atoms with Crippen LogP contribution in [0.5, 0.6) is 0 Å². The van der Waals surface area contributed by atoms with Crippen LogP contribution in [0.25, 0.3) is 0 Å². The molecule has 1 heterocycles. The molecule has 0 atom stereocenters. The van der Waals surface area contributed by atoms with Crippen LogP contribution >= 0.6 is 0 Å². The fourth-order valence-electron chi connectivity index (χ4n) is 1.19. The van der Waals surface area contributed by atoms with Gasteiger partial charge in [0.2, 0.25) is 0 Å². The van der Waals surface area contributed by atoms with Crippen molar-refractivity contribution in [1.29, 1.82) is 10.5 Å². The molecule has 2 N–H and O–H groups in total. The van der Waals surface area contributed by atoms with Gasteiger partial charge in [-0.15, -0.1) is 0 Å². The summed E-state index contributed by atoms with van der Waals surface area (Å²) >= 11 is 0. The zero-order valence-corrected chi connectivity index (χ0v) is 8.71. The molecule has 0 unspecified atom stereocenters. The van der Waals surface area contributed by atoms with E-state index in [-0.39, 0.29) is 24.5 Å². The van der Waals surface area contributed by atoms with Crippen LogP contribution in [0.3, 0.4) is 0 Å². The second kappa shape index (κ2) is 4.80. The highest BCUT2D eigenvalue weighted by Crippen LogP contribution is 2.10. The summed E-state index contributed by atoms with van der Waals surface area (Å²) in [7, 11) is 1.63. The lowest BCUT2D eigenvalue weighted by molar-refractivity contribution is 0.0789. The third-order valence-corrected chi connectivity index (χ3v) is 1.87. The van der Waals surface area contributed by atoms with Gasteiger partial charge in [0.15, 0.2) is 5.69 Å². The largest absolute Gasteiger partial charge is 0.396 e. The Balaban J connectivity index is 2.96. The molecule has 0 fully saturated rings. The lowest BCUT2D eigenvalue weighted by atomic mass is 10.3. The Bertz CT molecular complexity index is 461. The minimum atomic E-state index is -0.513. The Morgan fingerprint density at radius 3 is 2.50 bits per heavy atom. The van der Waals surface area contributed by atoms with Crippen LogP contribution in [0.15, 0.2) is 6.20 Å². The highest BCUT2D eigenvalue weighted by atomic mass is 16.2. The fourth-order valence-corrected chi connectivity index (χ4v) is 1.19. The highest BCUT2D eigenvalue weighted by molar-refractivity contribution is 5.97. The Hall–Kier alpha value is -2.54. The molecular formula is C9H10N6O. The first kappa shape index (κ1) is 11.5. The van der Waals surface area contributed by atoms with Gasteiger partial charge in [-0.05, 0) is 0 Å². The quantitative estimate of drug-likeness (QED) is 0.687. The van der Waals surface area contributed by atoms with Crippen molar-refractivity contribution < 1.29 is 4.79 Å². The molecule has 82 valence electrons. The first-order valence-corrected chi connectivity index (χ1v) is 4.42. The third kappa shape index (κ3) is 2.28. The number of aryl methyl sites for hydroxylation is 1. The number of aromatic nitrogens is 2. The fraction of sp³-hybridized carbons (Fsp3) is 0.333. The van der Waals surface area contributed by atoms with Gasteiger partial charge in [-0.25, -0.2) is 0 Å². The molecule has 0 radical (unpaired) electrons. The standard InChI is InChI=1S/C9H10N6O/c1-14-6-7(12)8(13-14)9(16)15(4-2-10)5-3-11/h6H,4-5,12H2,1H3. The van der Waals surface area contributed by atoms with Gasteiger partial charge in [0, 0.05) is 13.2 Å². The lowest BCUT2D eigenvalue weighted by Crippen LogP contribution is -2.32. The Kier molecular flexibility index (Phi) is 3.46. The molecule has 0 aliphatic rings. The molecule has 1 amide bonds. The van der Waals surface area contributed by atoms with Gasteiger partial charge >= 0.3 is 0 Å². The summed E-state index contributed by atoms with van der Waals surface area (Å²) in [5.41, 5.74) is 5.87. The van der Waals surface area contributed by atoms with Gasteiger partial charge in [0.25, 0.3) is 5.91 Å². The number of hydrogen-bond acceptors (Lipinski definition) is 5. The Morgan fingerprint density at radius 1 is 1.56 bits per heavy atom. The molecule has 0 aliphatic heterocycles. The first-order valence-electron chi connectivity index (χ1n) is 4.42. The average molecular weight is 218 g/mol. The number of nitrogens with two attached hydrogens (primary N) is 1. The van der Waals surface area contributed by atoms with E-state index in [0.717, 1.165) is 4.90 Å². The summed E-state index contributed by atoms with van der Waals surface area (Å²) in [6.07, 6.45) is 1.49. The van der Waals surface area contributed by atoms with Crippen molar-refractivity contribution in [3.63, 3.8) is 0 Å². The molecule has 0 saturated carbocycles. The number of nitrogen functional groups attached to an aromatic ring is 1. The zero-order valence-electron chi connectivity index (χ0n) is 8.71. The normalized spacial score (nSPS) is 9.19. The number of anilines is 1. The molecule has 0 aliphatic carbocycles. The number of nitriles is 2. The van der Waals surface area contributed by atoms with Gasteiger partial charge in [0.1, 0.15) is 13.1 Å². The molecule has 0 aromatic carbocycles. The van der Waals surface area contributed by atoms with Crippen molar-refractivity contribution in [3.05, 3.63) is 11.9 Å². The van der Waals surface area contributed by atoms with Gasteiger partial charge in [-0.1, -0.05) is 0 Å². The zero-order chi connectivity index (χ0) is 12.1. The van der Waals surface area contributed by atoms with E-state index < -0.39 is 5.91 Å². The predicted molar refractivity (Wildman–Crippen MR) is 54.7 cm³/mol. The molecule has 7 nitrogen and oxygen atoms in total. The topological polar surface area (TPSA) is 112 Å². The molecule has 0 saturated heterocycles. The summed E-state index contributed by atoms with van der Waals surface area (Å²) in [5.74, 6) is -0.513. The summed E-state index contributed by atoms with van der Waals surface area (Å²) in [4.78, 5) is 12.9. The van der Waals surface area contributed by atoms with E-state index in [1.165, 1.54) is 10.9 Å². The van der Waals surface area contributed by atoms with Crippen LogP contribution in [-0.4, -0.2) is 33.7 Å². The van der Waals surface area contributed by atoms with Crippen molar-refractivity contribution in [2.24, 2.45) is 7.05 Å². The summed E-state index contributed by atoms with van der Waals surface area (Å²) in [6.45, 7) is -0.329. The maximum atomic E-state index is 11.8. The van der Waals surface area contributed by atoms with E-state index >= 15 is 0 Å². The minimum Gasteiger partial charge on any atom is -0.396 e. The van der Waals surface area contributed by atoms with Crippen LogP contribution in [0.2, 0.25) is 0 Å². The molecule has 1 aromatic heterocycles. The molecule has 0 spiro atoms. The second-order valence-electron chi connectivity index (χ2n) is 3.08. The lowest BCUT2D eigenvalue weighted by Gasteiger charge is -2.14. The molecule has 1 rings (SSSR count). The maximum Gasteiger partial charge on any atom is 0.278 e. The summed E-state index contributed by atoms with van der Waals surface area (Å²) in [5, 5.41) is 20.9. The average Bonchev–Trinajstić information content (AvgIpc) is 2.56. The summed E-state index contributed by atoms with van der Waals surface area (Å²) in [6, 6.07) is 3.62. The van der Waals surface area contributed by atoms with Gasteiger partial charge in [-0.2, -0.15) is 15.6 Å². The van der Waals surface area contributed by atoms with E-state index in [1.807, 2.05) is 12.1 Å². The van der Waals surface area contributed by atoms with Crippen molar-refractivity contribution in [2.45, 2.75) is 0 Å². The number of nitrogens with zero attached hydrogens (tertiary/aromatic N) is 5. The van der Waals surface area contributed by atoms with Crippen molar-refractivity contribution >= 4 is 11.6 Å². The van der Waals surface area contributed by atoms with Crippen LogP contribution < -0.4 is 5.73 Å². The molecule has 16 heavy (non-hydrogen) atoms. The van der Waals surface area contributed by atoms with Crippen LogP contribution in [0.4, 0.5) is 5.69 Å². The van der Waals surface area contributed by atoms with Crippen LogP contribution in [-0.2, 0) is 7.05 Å². The first-order chi connectivity index (χ1) is 7.60. The molecular weight excluding hydrogens is 208 g/mol.